The van der Waals surface area contributed by atoms with E-state index in [4.69, 9.17) is 4.74 Å². The van der Waals surface area contributed by atoms with E-state index in [1.165, 1.54) is 76.7 Å². The first-order chi connectivity index (χ1) is 23.0. The van der Waals surface area contributed by atoms with Gasteiger partial charge in [-0.3, -0.25) is 0 Å². The van der Waals surface area contributed by atoms with E-state index in [-0.39, 0.29) is 23.0 Å². The second kappa shape index (κ2) is 17.9. The second-order valence-electron chi connectivity index (χ2n) is 14.2. The maximum Gasteiger partial charge on any atom is 0.201 e. The number of hydrogen-bond donors (Lipinski definition) is 0. The van der Waals surface area contributed by atoms with Crippen molar-refractivity contribution >= 4 is 0 Å². The van der Waals surface area contributed by atoms with Crippen LogP contribution < -0.4 is 4.74 Å². The summed E-state index contributed by atoms with van der Waals surface area (Å²) >= 11 is 0. The molecule has 5 rings (SSSR count). The van der Waals surface area contributed by atoms with Crippen LogP contribution in [0.4, 0.5) is 13.2 Å². The summed E-state index contributed by atoms with van der Waals surface area (Å²) in [7, 11) is 0. The van der Waals surface area contributed by atoms with Crippen LogP contribution in [0.3, 0.4) is 0 Å². The van der Waals surface area contributed by atoms with Crippen molar-refractivity contribution in [2.45, 2.75) is 122 Å². The number of hydrogen-bond acceptors (Lipinski definition) is 1. The molecule has 0 saturated heterocycles. The van der Waals surface area contributed by atoms with Gasteiger partial charge in [0, 0.05) is 5.56 Å². The molecule has 2 saturated carbocycles. The van der Waals surface area contributed by atoms with E-state index in [1.54, 1.807) is 24.3 Å². The number of benzene rings is 3. The topological polar surface area (TPSA) is 9.23 Å². The Kier molecular flexibility index (Phi) is 13.5. The molecule has 0 aromatic heterocycles. The zero-order valence-corrected chi connectivity index (χ0v) is 28.7. The lowest BCUT2D eigenvalue weighted by molar-refractivity contribution is 0.156. The van der Waals surface area contributed by atoms with Crippen molar-refractivity contribution in [3.63, 3.8) is 0 Å². The van der Waals surface area contributed by atoms with Gasteiger partial charge in [0.1, 0.15) is 5.82 Å². The fourth-order valence-corrected chi connectivity index (χ4v) is 8.16. The maximum absolute atomic E-state index is 15.5. The van der Waals surface area contributed by atoms with Gasteiger partial charge >= 0.3 is 0 Å². The fraction of sp³-hybridized carbons (Fsp3) is 0.535. The van der Waals surface area contributed by atoms with Crippen molar-refractivity contribution in [3.05, 3.63) is 89.8 Å². The van der Waals surface area contributed by atoms with Crippen molar-refractivity contribution in [1.29, 1.82) is 0 Å². The maximum atomic E-state index is 15.5. The Balaban J connectivity index is 1.13. The number of unbranched alkanes of at least 4 members (excludes halogenated alkanes) is 5. The van der Waals surface area contributed by atoms with E-state index >= 15 is 8.78 Å². The second-order valence-corrected chi connectivity index (χ2v) is 14.2. The minimum atomic E-state index is -0.952. The molecule has 0 unspecified atom stereocenters. The minimum Gasteiger partial charge on any atom is -0.490 e. The van der Waals surface area contributed by atoms with Crippen LogP contribution in [-0.4, -0.2) is 6.61 Å². The van der Waals surface area contributed by atoms with Crippen LogP contribution in [0.5, 0.6) is 5.75 Å². The molecule has 1 nitrogen and oxygen atoms in total. The Morgan fingerprint density at radius 1 is 0.681 bits per heavy atom. The molecule has 3 aromatic rings. The molecule has 3 aromatic carbocycles. The number of halogens is 3. The third-order valence-electron chi connectivity index (χ3n) is 11.1. The van der Waals surface area contributed by atoms with Gasteiger partial charge in [0.15, 0.2) is 11.6 Å². The molecule has 0 N–H and O–H groups in total. The predicted molar refractivity (Wildman–Crippen MR) is 190 cm³/mol. The highest BCUT2D eigenvalue weighted by Gasteiger charge is 2.32. The average molecular weight is 645 g/mol. The quantitative estimate of drug-likeness (QED) is 0.118. The molecular formula is C43H55F3O. The number of rotatable bonds is 15. The molecule has 0 spiro atoms. The molecule has 0 bridgehead atoms. The molecule has 0 radical (unpaired) electrons. The van der Waals surface area contributed by atoms with Crippen LogP contribution in [0.15, 0.2) is 66.7 Å². The third-order valence-corrected chi connectivity index (χ3v) is 11.1. The summed E-state index contributed by atoms with van der Waals surface area (Å²) in [6.45, 7) is 4.67. The van der Waals surface area contributed by atoms with Crippen molar-refractivity contribution in [3.8, 4) is 28.0 Å². The summed E-state index contributed by atoms with van der Waals surface area (Å²) in [5, 5.41) is 0. The van der Waals surface area contributed by atoms with Crippen LogP contribution in [0.1, 0.15) is 128 Å². The minimum absolute atomic E-state index is 0.0428. The lowest BCUT2D eigenvalue weighted by atomic mass is 9.68. The predicted octanol–water partition coefficient (Wildman–Crippen LogP) is 13.6. The first kappa shape index (κ1) is 35.3. The van der Waals surface area contributed by atoms with Gasteiger partial charge in [-0.1, -0.05) is 100 Å². The summed E-state index contributed by atoms with van der Waals surface area (Å²) in [6.07, 6.45) is 23.7. The van der Waals surface area contributed by atoms with E-state index in [2.05, 4.69) is 26.0 Å². The van der Waals surface area contributed by atoms with Crippen LogP contribution in [-0.2, 0) is 0 Å². The Labute approximate surface area is 282 Å². The average Bonchev–Trinajstić information content (AvgIpc) is 3.10. The lowest BCUT2D eigenvalue weighted by Gasteiger charge is -2.38. The highest BCUT2D eigenvalue weighted by Crippen LogP contribution is 2.45. The first-order valence-corrected chi connectivity index (χ1v) is 18.6. The monoisotopic (exact) mass is 644 g/mol. The molecule has 2 aliphatic rings. The van der Waals surface area contributed by atoms with Crippen LogP contribution >= 0.6 is 0 Å². The Hall–Kier alpha value is -3.01. The van der Waals surface area contributed by atoms with Gasteiger partial charge in [-0.25, -0.2) is 8.78 Å². The van der Waals surface area contributed by atoms with E-state index in [1.807, 2.05) is 24.3 Å². The van der Waals surface area contributed by atoms with E-state index in [9.17, 15) is 4.39 Å². The van der Waals surface area contributed by atoms with E-state index < -0.39 is 11.6 Å². The SMILES string of the molecule is CC=CCCC1CCC(C2CCC(c3ccc(-c4ccc(-c5ccc(OCCCCCCCC)c(F)c5F)cc4)cc3F)CC2)CC1. The summed E-state index contributed by atoms with van der Waals surface area (Å²) in [5.41, 5.74) is 3.25. The molecule has 2 aliphatic carbocycles. The largest absolute Gasteiger partial charge is 0.490 e. The van der Waals surface area contributed by atoms with Crippen molar-refractivity contribution in [1.82, 2.24) is 0 Å². The molecule has 254 valence electrons. The molecule has 0 heterocycles. The number of ether oxygens (including phenoxy) is 1. The Bertz CT molecular complexity index is 1410. The summed E-state index contributed by atoms with van der Waals surface area (Å²) < 4.78 is 50.9. The van der Waals surface area contributed by atoms with Gasteiger partial charge in [0.2, 0.25) is 5.82 Å². The molecule has 0 aliphatic heterocycles. The summed E-state index contributed by atoms with van der Waals surface area (Å²) in [5.74, 6) is 0.808. The summed E-state index contributed by atoms with van der Waals surface area (Å²) in [6, 6.07) is 15.9. The van der Waals surface area contributed by atoms with Crippen LogP contribution in [0, 0.1) is 35.2 Å². The zero-order valence-electron chi connectivity index (χ0n) is 28.7. The summed E-state index contributed by atoms with van der Waals surface area (Å²) in [4.78, 5) is 0. The van der Waals surface area contributed by atoms with E-state index in [0.29, 0.717) is 12.2 Å². The van der Waals surface area contributed by atoms with Crippen LogP contribution in [0.25, 0.3) is 22.3 Å². The molecule has 0 atom stereocenters. The van der Waals surface area contributed by atoms with Gasteiger partial charge in [0.05, 0.1) is 6.61 Å². The van der Waals surface area contributed by atoms with Gasteiger partial charge in [0.25, 0.3) is 0 Å². The van der Waals surface area contributed by atoms with Gasteiger partial charge in [-0.2, -0.15) is 4.39 Å². The molecular weight excluding hydrogens is 589 g/mol. The normalized spacial score (nSPS) is 21.7. The lowest BCUT2D eigenvalue weighted by Crippen LogP contribution is -2.25. The standard InChI is InChI=1S/C43H55F3O/c1-3-5-7-8-9-11-29-47-41-28-27-39(42(45)43(41)46)36-23-19-34(20-24-36)37-25-26-38(40(44)30-37)35-21-17-33(18-22-35)32-15-13-31(14-16-32)12-10-6-4-2/h4,6,19-20,23-28,30-33,35H,3,5,7-18,21-22,29H2,1-2H3. The molecule has 4 heteroatoms. The highest BCUT2D eigenvalue weighted by molar-refractivity contribution is 5.71. The third kappa shape index (κ3) is 9.55. The molecule has 2 fully saturated rings. The molecule has 0 amide bonds. The van der Waals surface area contributed by atoms with Gasteiger partial charge in [-0.15, -0.1) is 0 Å². The van der Waals surface area contributed by atoms with Gasteiger partial charge < -0.3 is 4.74 Å². The van der Waals surface area contributed by atoms with Crippen molar-refractivity contribution in [2.75, 3.05) is 6.61 Å². The Morgan fingerprint density at radius 3 is 2.00 bits per heavy atom. The molecule has 47 heavy (non-hydrogen) atoms. The highest BCUT2D eigenvalue weighted by atomic mass is 19.2. The van der Waals surface area contributed by atoms with Crippen molar-refractivity contribution in [2.24, 2.45) is 17.8 Å². The first-order valence-electron chi connectivity index (χ1n) is 18.6. The smallest absolute Gasteiger partial charge is 0.201 e. The van der Waals surface area contributed by atoms with Crippen LogP contribution in [0.2, 0.25) is 0 Å². The van der Waals surface area contributed by atoms with Crippen molar-refractivity contribution < 1.29 is 17.9 Å². The Morgan fingerprint density at radius 2 is 1.32 bits per heavy atom. The van der Waals surface area contributed by atoms with E-state index in [0.717, 1.165) is 66.5 Å². The van der Waals surface area contributed by atoms with Gasteiger partial charge in [-0.05, 0) is 129 Å². The fourth-order valence-electron chi connectivity index (χ4n) is 8.16. The number of allylic oxidation sites excluding steroid dienone is 2. The zero-order chi connectivity index (χ0) is 33.0.